The van der Waals surface area contributed by atoms with Gasteiger partial charge in [-0.3, -0.25) is 4.79 Å². The van der Waals surface area contributed by atoms with Gasteiger partial charge in [0.15, 0.2) is 0 Å². The number of rotatable bonds is 5. The molecule has 13 heavy (non-hydrogen) atoms. The van der Waals surface area contributed by atoms with E-state index in [4.69, 9.17) is 0 Å². The minimum absolute atomic E-state index is 0.211. The molecule has 0 aromatic heterocycles. The van der Waals surface area contributed by atoms with Crippen molar-refractivity contribution in [1.29, 1.82) is 0 Å². The second-order valence-corrected chi connectivity index (χ2v) is 4.34. The maximum Gasteiger partial charge on any atom is 0.220 e. The average Bonchev–Trinajstić information content (AvgIpc) is 2.57. The number of hydrogen-bond acceptors (Lipinski definition) is 3. The van der Waals surface area contributed by atoms with Crippen LogP contribution in [0.5, 0.6) is 0 Å². The summed E-state index contributed by atoms with van der Waals surface area (Å²) in [5, 5.41) is 6.25. The first-order chi connectivity index (χ1) is 6.33. The van der Waals surface area contributed by atoms with Crippen LogP contribution in [0.4, 0.5) is 0 Å². The molecule has 0 radical (unpaired) electrons. The van der Waals surface area contributed by atoms with Crippen molar-refractivity contribution in [1.82, 2.24) is 10.6 Å². The summed E-state index contributed by atoms with van der Waals surface area (Å²) in [5.74, 6) is 1.29. The van der Waals surface area contributed by atoms with Crippen molar-refractivity contribution in [3.05, 3.63) is 0 Å². The standard InChI is InChI=1S/C9H18N2OS/c1-13-6-2-3-9(12)11-8-4-5-10-7-8/h8,10H,2-7H2,1H3,(H,11,12). The quantitative estimate of drug-likeness (QED) is 0.642. The van der Waals surface area contributed by atoms with Crippen LogP contribution < -0.4 is 10.6 Å². The summed E-state index contributed by atoms with van der Waals surface area (Å²) in [6.45, 7) is 1.98. The van der Waals surface area contributed by atoms with Crippen molar-refractivity contribution in [2.75, 3.05) is 25.1 Å². The van der Waals surface area contributed by atoms with Crippen molar-refractivity contribution in [2.24, 2.45) is 0 Å². The molecule has 1 rings (SSSR count). The number of carbonyl (C=O) groups is 1. The first-order valence-electron chi connectivity index (χ1n) is 4.82. The average molecular weight is 202 g/mol. The van der Waals surface area contributed by atoms with Gasteiger partial charge in [-0.25, -0.2) is 0 Å². The molecule has 1 unspecified atom stereocenters. The van der Waals surface area contributed by atoms with Crippen molar-refractivity contribution >= 4 is 17.7 Å². The molecule has 2 N–H and O–H groups in total. The Morgan fingerprint density at radius 2 is 2.54 bits per heavy atom. The SMILES string of the molecule is CSCCCC(=O)NC1CCNC1. The summed E-state index contributed by atoms with van der Waals surface area (Å²) in [4.78, 5) is 11.3. The van der Waals surface area contributed by atoms with Crippen LogP contribution in [0.3, 0.4) is 0 Å². The Bertz CT molecular complexity index is 158. The third-order valence-electron chi connectivity index (χ3n) is 2.18. The van der Waals surface area contributed by atoms with Crippen LogP contribution in [0, 0.1) is 0 Å². The number of nitrogens with one attached hydrogen (secondary N) is 2. The van der Waals surface area contributed by atoms with E-state index in [1.807, 2.05) is 0 Å². The summed E-state index contributed by atoms with van der Waals surface area (Å²) in [6.07, 6.45) is 4.82. The summed E-state index contributed by atoms with van der Waals surface area (Å²) in [7, 11) is 0. The second-order valence-electron chi connectivity index (χ2n) is 3.35. The van der Waals surface area contributed by atoms with E-state index in [1.165, 1.54) is 0 Å². The largest absolute Gasteiger partial charge is 0.352 e. The van der Waals surface area contributed by atoms with Gasteiger partial charge in [0.05, 0.1) is 0 Å². The van der Waals surface area contributed by atoms with Gasteiger partial charge >= 0.3 is 0 Å². The molecule has 0 aromatic rings. The third-order valence-corrected chi connectivity index (χ3v) is 2.87. The van der Waals surface area contributed by atoms with Gasteiger partial charge in [-0.15, -0.1) is 0 Å². The Balaban J connectivity index is 2.02. The van der Waals surface area contributed by atoms with Crippen molar-refractivity contribution in [3.63, 3.8) is 0 Å². The lowest BCUT2D eigenvalue weighted by molar-refractivity contribution is -0.121. The van der Waals surface area contributed by atoms with Crippen LogP contribution in [-0.2, 0) is 4.79 Å². The normalized spacial score (nSPS) is 21.8. The molecule has 1 aliphatic rings. The molecule has 0 bridgehead atoms. The highest BCUT2D eigenvalue weighted by Crippen LogP contribution is 2.01. The molecule has 1 aliphatic heterocycles. The van der Waals surface area contributed by atoms with E-state index in [0.29, 0.717) is 12.5 Å². The lowest BCUT2D eigenvalue weighted by Crippen LogP contribution is -2.36. The molecule has 0 aromatic carbocycles. The van der Waals surface area contributed by atoms with Gasteiger partial charge in [-0.05, 0) is 31.4 Å². The smallest absolute Gasteiger partial charge is 0.220 e. The molecule has 1 saturated heterocycles. The van der Waals surface area contributed by atoms with Gasteiger partial charge in [-0.1, -0.05) is 0 Å². The van der Waals surface area contributed by atoms with E-state index >= 15 is 0 Å². The molecule has 0 aliphatic carbocycles. The molecule has 4 heteroatoms. The minimum Gasteiger partial charge on any atom is -0.352 e. The monoisotopic (exact) mass is 202 g/mol. The zero-order chi connectivity index (χ0) is 9.52. The van der Waals surface area contributed by atoms with Gasteiger partial charge in [0, 0.05) is 19.0 Å². The first-order valence-corrected chi connectivity index (χ1v) is 6.21. The highest BCUT2D eigenvalue weighted by molar-refractivity contribution is 7.98. The van der Waals surface area contributed by atoms with Crippen molar-refractivity contribution < 1.29 is 4.79 Å². The van der Waals surface area contributed by atoms with E-state index < -0.39 is 0 Å². The molecule has 0 spiro atoms. The van der Waals surface area contributed by atoms with E-state index in [0.717, 1.165) is 31.7 Å². The van der Waals surface area contributed by atoms with Crippen LogP contribution in [0.25, 0.3) is 0 Å². The van der Waals surface area contributed by atoms with Crippen molar-refractivity contribution in [2.45, 2.75) is 25.3 Å². The van der Waals surface area contributed by atoms with E-state index in [1.54, 1.807) is 11.8 Å². The van der Waals surface area contributed by atoms with E-state index in [-0.39, 0.29) is 5.91 Å². The predicted octanol–water partition coefficient (Wildman–Crippen LogP) is 0.608. The fraction of sp³-hybridized carbons (Fsp3) is 0.889. The fourth-order valence-electron chi connectivity index (χ4n) is 1.45. The molecule has 76 valence electrons. The lowest BCUT2D eigenvalue weighted by Gasteiger charge is -2.10. The highest BCUT2D eigenvalue weighted by Gasteiger charge is 2.15. The summed E-state index contributed by atoms with van der Waals surface area (Å²) < 4.78 is 0. The summed E-state index contributed by atoms with van der Waals surface area (Å²) in [6, 6.07) is 0.377. The number of amides is 1. The first kappa shape index (κ1) is 10.9. The highest BCUT2D eigenvalue weighted by atomic mass is 32.2. The number of hydrogen-bond donors (Lipinski definition) is 2. The van der Waals surface area contributed by atoms with Gasteiger partial charge < -0.3 is 10.6 Å². The summed E-state index contributed by atoms with van der Waals surface area (Å²) >= 11 is 1.79. The van der Waals surface area contributed by atoms with Gasteiger partial charge in [0.1, 0.15) is 0 Å². The molecular formula is C9H18N2OS. The molecule has 1 atom stereocenters. The zero-order valence-electron chi connectivity index (χ0n) is 8.14. The predicted molar refractivity (Wildman–Crippen MR) is 57.0 cm³/mol. The van der Waals surface area contributed by atoms with Gasteiger partial charge in [0.2, 0.25) is 5.91 Å². The van der Waals surface area contributed by atoms with Crippen molar-refractivity contribution in [3.8, 4) is 0 Å². The molecular weight excluding hydrogens is 184 g/mol. The Labute approximate surface area is 84.0 Å². The van der Waals surface area contributed by atoms with Gasteiger partial charge in [-0.2, -0.15) is 11.8 Å². The topological polar surface area (TPSA) is 41.1 Å². The number of thioether (sulfide) groups is 1. The second kappa shape index (κ2) is 6.27. The zero-order valence-corrected chi connectivity index (χ0v) is 8.95. The fourth-order valence-corrected chi connectivity index (χ4v) is 1.89. The lowest BCUT2D eigenvalue weighted by atomic mass is 10.2. The van der Waals surface area contributed by atoms with E-state index in [9.17, 15) is 4.79 Å². The Morgan fingerprint density at radius 3 is 3.15 bits per heavy atom. The molecule has 0 saturated carbocycles. The Kier molecular flexibility index (Phi) is 5.23. The Hall–Kier alpha value is -0.220. The Morgan fingerprint density at radius 1 is 1.69 bits per heavy atom. The maximum absolute atomic E-state index is 11.3. The van der Waals surface area contributed by atoms with Gasteiger partial charge in [0.25, 0.3) is 0 Å². The summed E-state index contributed by atoms with van der Waals surface area (Å²) in [5.41, 5.74) is 0. The van der Waals surface area contributed by atoms with Crippen LogP contribution in [0.15, 0.2) is 0 Å². The molecule has 1 heterocycles. The van der Waals surface area contributed by atoms with Crippen LogP contribution in [0.1, 0.15) is 19.3 Å². The van der Waals surface area contributed by atoms with Crippen LogP contribution in [-0.4, -0.2) is 37.0 Å². The van der Waals surface area contributed by atoms with Crippen LogP contribution in [0.2, 0.25) is 0 Å². The van der Waals surface area contributed by atoms with Crippen LogP contribution >= 0.6 is 11.8 Å². The molecule has 1 fully saturated rings. The number of carbonyl (C=O) groups excluding carboxylic acids is 1. The minimum atomic E-state index is 0.211. The maximum atomic E-state index is 11.3. The molecule has 1 amide bonds. The van der Waals surface area contributed by atoms with E-state index in [2.05, 4.69) is 16.9 Å². The molecule has 3 nitrogen and oxygen atoms in total. The third kappa shape index (κ3) is 4.52.